The quantitative estimate of drug-likeness (QED) is 0.679. The minimum atomic E-state index is -0.0625. The Morgan fingerprint density at radius 2 is 1.30 bits per heavy atom. The average Bonchev–Trinajstić information content (AvgIpc) is 1.68. The summed E-state index contributed by atoms with van der Waals surface area (Å²) in [4.78, 5) is 20.1. The Balaban J connectivity index is -0.000000149. The first kappa shape index (κ1) is 16.6. The molecule has 0 fully saturated rings. The standard InChI is InChI=1S/C5H8O2.CH4O.Zr/c1-4(6)3-5(2)7;1-2;/h3H2,1-2H3;2H,1H3;. The first-order valence-corrected chi connectivity index (χ1v) is 2.56. The van der Waals surface area contributed by atoms with Crippen LogP contribution in [0, 0.1) is 0 Å². The molecule has 0 aliphatic heterocycles. The predicted molar refractivity (Wildman–Crippen MR) is 34.1 cm³/mol. The van der Waals surface area contributed by atoms with Crippen LogP contribution in [0.15, 0.2) is 0 Å². The van der Waals surface area contributed by atoms with Crippen molar-refractivity contribution in [1.82, 2.24) is 0 Å². The summed E-state index contributed by atoms with van der Waals surface area (Å²) in [5, 5.41) is 7.00. The molecule has 0 aliphatic carbocycles. The molecule has 1 N–H and O–H groups in total. The molecule has 0 aromatic carbocycles. The number of hydrogen-bond acceptors (Lipinski definition) is 3. The van der Waals surface area contributed by atoms with E-state index in [0.29, 0.717) is 0 Å². The molecule has 3 nitrogen and oxygen atoms in total. The third kappa shape index (κ3) is 24.1. The van der Waals surface area contributed by atoms with Gasteiger partial charge in [0.2, 0.25) is 0 Å². The molecule has 0 heterocycles. The Morgan fingerprint density at radius 3 is 1.30 bits per heavy atom. The zero-order chi connectivity index (χ0) is 7.86. The number of aliphatic hydroxyl groups is 1. The summed E-state index contributed by atoms with van der Waals surface area (Å²) in [6.45, 7) is 2.81. The van der Waals surface area contributed by atoms with E-state index in [-0.39, 0.29) is 44.2 Å². The van der Waals surface area contributed by atoms with Gasteiger partial charge in [0.1, 0.15) is 11.6 Å². The number of carbonyl (C=O) groups is 2. The molecule has 0 aromatic rings. The van der Waals surface area contributed by atoms with E-state index in [2.05, 4.69) is 0 Å². The van der Waals surface area contributed by atoms with Gasteiger partial charge in [0.15, 0.2) is 0 Å². The summed E-state index contributed by atoms with van der Waals surface area (Å²) < 4.78 is 0. The van der Waals surface area contributed by atoms with Gasteiger partial charge in [-0.15, -0.1) is 0 Å². The van der Waals surface area contributed by atoms with Gasteiger partial charge >= 0.3 is 0 Å². The molecular weight excluding hydrogens is 211 g/mol. The third-order valence-corrected chi connectivity index (χ3v) is 0.498. The van der Waals surface area contributed by atoms with Crippen molar-refractivity contribution in [1.29, 1.82) is 0 Å². The summed E-state index contributed by atoms with van der Waals surface area (Å²) in [7, 11) is 1.00. The van der Waals surface area contributed by atoms with Crippen LogP contribution >= 0.6 is 0 Å². The molecule has 0 saturated heterocycles. The topological polar surface area (TPSA) is 54.4 Å². The monoisotopic (exact) mass is 222 g/mol. The second-order valence-corrected chi connectivity index (χ2v) is 1.58. The maximum atomic E-state index is 10.0. The van der Waals surface area contributed by atoms with Gasteiger partial charge in [0.05, 0.1) is 6.42 Å². The molecule has 0 rings (SSSR count). The molecule has 0 unspecified atom stereocenters. The summed E-state index contributed by atoms with van der Waals surface area (Å²) >= 11 is 0. The second kappa shape index (κ2) is 11.9. The van der Waals surface area contributed by atoms with E-state index in [1.54, 1.807) is 0 Å². The maximum Gasteiger partial charge on any atom is 0.137 e. The predicted octanol–water partition coefficient (Wildman–Crippen LogP) is 0.161. The first-order valence-electron chi connectivity index (χ1n) is 2.56. The van der Waals surface area contributed by atoms with Crippen molar-refractivity contribution in [3.8, 4) is 0 Å². The van der Waals surface area contributed by atoms with Crippen LogP contribution in [0.3, 0.4) is 0 Å². The molecular formula is C6H12O3Zr. The molecule has 58 valence electrons. The first-order chi connectivity index (χ1) is 4.13. The van der Waals surface area contributed by atoms with Gasteiger partial charge in [-0.25, -0.2) is 0 Å². The van der Waals surface area contributed by atoms with Crippen LogP contribution < -0.4 is 0 Å². The Hall–Kier alpha value is 0.183. The Bertz CT molecular complexity index is 89.2. The van der Waals surface area contributed by atoms with E-state index < -0.39 is 0 Å². The van der Waals surface area contributed by atoms with Gasteiger partial charge in [-0.05, 0) is 13.8 Å². The van der Waals surface area contributed by atoms with Crippen LogP contribution in [0.1, 0.15) is 20.3 Å². The van der Waals surface area contributed by atoms with Crippen molar-refractivity contribution in [3.63, 3.8) is 0 Å². The zero-order valence-corrected chi connectivity index (χ0v) is 8.93. The number of rotatable bonds is 2. The van der Waals surface area contributed by atoms with Gasteiger partial charge in [0.25, 0.3) is 0 Å². The fourth-order valence-electron chi connectivity index (χ4n) is 0.351. The van der Waals surface area contributed by atoms with Crippen LogP contribution in [-0.2, 0) is 35.8 Å². The van der Waals surface area contributed by atoms with E-state index in [9.17, 15) is 9.59 Å². The van der Waals surface area contributed by atoms with Crippen molar-refractivity contribution in [2.24, 2.45) is 0 Å². The normalized spacial score (nSPS) is 6.40. The average molecular weight is 223 g/mol. The largest absolute Gasteiger partial charge is 0.400 e. The van der Waals surface area contributed by atoms with Gasteiger partial charge in [-0.3, -0.25) is 9.59 Å². The van der Waals surface area contributed by atoms with Crippen LogP contribution in [0.2, 0.25) is 0 Å². The van der Waals surface area contributed by atoms with Crippen molar-refractivity contribution in [3.05, 3.63) is 0 Å². The summed E-state index contributed by atoms with van der Waals surface area (Å²) in [5.41, 5.74) is 0. The summed E-state index contributed by atoms with van der Waals surface area (Å²) in [6, 6.07) is 0. The van der Waals surface area contributed by atoms with Crippen molar-refractivity contribution in [2.75, 3.05) is 7.11 Å². The number of aliphatic hydroxyl groups excluding tert-OH is 1. The SMILES string of the molecule is CC(=O)CC(C)=O.CO.[Zr]. The smallest absolute Gasteiger partial charge is 0.137 e. The third-order valence-electron chi connectivity index (χ3n) is 0.498. The molecule has 0 bridgehead atoms. The molecule has 10 heavy (non-hydrogen) atoms. The molecule has 0 radical (unpaired) electrons. The van der Waals surface area contributed by atoms with Crippen LogP contribution in [-0.4, -0.2) is 23.8 Å². The van der Waals surface area contributed by atoms with E-state index in [0.717, 1.165) is 7.11 Å². The van der Waals surface area contributed by atoms with Crippen LogP contribution in [0.25, 0.3) is 0 Å². The van der Waals surface area contributed by atoms with Crippen LogP contribution in [0.4, 0.5) is 0 Å². The second-order valence-electron chi connectivity index (χ2n) is 1.58. The van der Waals surface area contributed by atoms with Gasteiger partial charge in [-0.2, -0.15) is 0 Å². The summed E-state index contributed by atoms with van der Waals surface area (Å²) in [6.07, 6.45) is 0.0833. The Morgan fingerprint density at radius 1 is 1.10 bits per heavy atom. The number of ketones is 2. The Kier molecular flexibility index (Phi) is 19.8. The van der Waals surface area contributed by atoms with Gasteiger partial charge in [-0.1, -0.05) is 0 Å². The fourth-order valence-corrected chi connectivity index (χ4v) is 0.351. The zero-order valence-electron chi connectivity index (χ0n) is 6.47. The number of Topliss-reactive ketones (excluding diaryl/α,β-unsaturated/α-hetero) is 2. The van der Waals surface area contributed by atoms with Gasteiger partial charge in [0, 0.05) is 33.3 Å². The molecule has 0 atom stereocenters. The summed E-state index contributed by atoms with van der Waals surface area (Å²) in [5.74, 6) is -0.125. The maximum absolute atomic E-state index is 10.0. The fraction of sp³-hybridized carbons (Fsp3) is 0.667. The van der Waals surface area contributed by atoms with Crippen molar-refractivity contribution in [2.45, 2.75) is 20.3 Å². The van der Waals surface area contributed by atoms with E-state index in [4.69, 9.17) is 5.11 Å². The van der Waals surface area contributed by atoms with E-state index in [1.165, 1.54) is 13.8 Å². The molecule has 0 saturated carbocycles. The number of carbonyl (C=O) groups excluding carboxylic acids is 2. The van der Waals surface area contributed by atoms with Gasteiger partial charge < -0.3 is 5.11 Å². The molecule has 4 heteroatoms. The molecule has 0 aromatic heterocycles. The molecule has 0 amide bonds. The minimum Gasteiger partial charge on any atom is -0.400 e. The molecule has 0 aliphatic rings. The van der Waals surface area contributed by atoms with Crippen LogP contribution in [0.5, 0.6) is 0 Å². The van der Waals surface area contributed by atoms with Crippen molar-refractivity contribution < 1.29 is 40.9 Å². The van der Waals surface area contributed by atoms with E-state index in [1.807, 2.05) is 0 Å². The minimum absolute atomic E-state index is 0. The molecule has 0 spiro atoms. The Labute approximate surface area is 79.9 Å². The van der Waals surface area contributed by atoms with Crippen molar-refractivity contribution >= 4 is 11.6 Å². The van der Waals surface area contributed by atoms with E-state index >= 15 is 0 Å². The number of hydrogen-bond donors (Lipinski definition) is 1.